The van der Waals surface area contributed by atoms with Crippen LogP contribution in [-0.2, 0) is 24.0 Å². The number of esters is 1. The molecule has 2 heterocycles. The maximum absolute atomic E-state index is 13.7. The van der Waals surface area contributed by atoms with Crippen LogP contribution in [0.3, 0.4) is 0 Å². The van der Waals surface area contributed by atoms with Crippen molar-refractivity contribution in [2.75, 3.05) is 13.2 Å². The van der Waals surface area contributed by atoms with Gasteiger partial charge in [0.1, 0.15) is 16.5 Å². The summed E-state index contributed by atoms with van der Waals surface area (Å²) >= 11 is 0. The third-order valence-electron chi connectivity index (χ3n) is 6.77. The summed E-state index contributed by atoms with van der Waals surface area (Å²) in [6.07, 6.45) is 2.26. The van der Waals surface area contributed by atoms with Crippen molar-refractivity contribution in [3.8, 4) is 5.88 Å². The number of carbonyl (C=O) groups excluding carboxylic acids is 1. The van der Waals surface area contributed by atoms with Crippen LogP contribution in [0, 0.1) is 6.92 Å². The van der Waals surface area contributed by atoms with Gasteiger partial charge in [-0.05, 0) is 90.6 Å². The van der Waals surface area contributed by atoms with Crippen LogP contribution in [0.5, 0.6) is 5.88 Å². The summed E-state index contributed by atoms with van der Waals surface area (Å²) in [5.41, 5.74) is -0.0408. The van der Waals surface area contributed by atoms with Crippen molar-refractivity contribution in [2.45, 2.75) is 122 Å². The number of sulfonamides is 1. The first kappa shape index (κ1) is 30.7. The molecule has 2 atom stereocenters. The van der Waals surface area contributed by atoms with Gasteiger partial charge < -0.3 is 13.9 Å². The van der Waals surface area contributed by atoms with Crippen LogP contribution in [0.2, 0.25) is 18.1 Å². The molecule has 1 aliphatic heterocycles. The summed E-state index contributed by atoms with van der Waals surface area (Å²) < 4.78 is 46.4. The average Bonchev–Trinajstić information content (AvgIpc) is 3.20. The van der Waals surface area contributed by atoms with Gasteiger partial charge in [-0.25, -0.2) is 13.4 Å². The van der Waals surface area contributed by atoms with Gasteiger partial charge in [-0.15, -0.1) is 0 Å². The SMILES string of the molecule is Cc1ccc(S(=O)(=O)N2CCC[C@H]2C(=O)OC(C)(C)C)c(OC(C)CCCO[Si](C)(C)C(C)(C)C)n1. The van der Waals surface area contributed by atoms with Gasteiger partial charge in [0.15, 0.2) is 8.32 Å². The molecule has 206 valence electrons. The van der Waals surface area contributed by atoms with Crippen LogP contribution in [0.1, 0.15) is 79.8 Å². The Hall–Kier alpha value is -1.49. The molecule has 10 heteroatoms. The van der Waals surface area contributed by atoms with E-state index in [-0.39, 0.29) is 28.5 Å². The molecule has 8 nitrogen and oxygen atoms in total. The fraction of sp³-hybridized carbons (Fsp3) is 0.769. The van der Waals surface area contributed by atoms with Crippen molar-refractivity contribution in [2.24, 2.45) is 0 Å². The third-order valence-corrected chi connectivity index (χ3v) is 13.2. The third kappa shape index (κ3) is 8.00. The molecule has 1 aromatic heterocycles. The highest BCUT2D eigenvalue weighted by Gasteiger charge is 2.43. The standard InChI is InChI=1S/C26H46N2O6SSi/c1-19-15-16-22(35(30,31)28-17-11-14-21(28)24(29)34-25(3,4)5)23(27-19)33-20(2)13-12-18-32-36(9,10)26(6,7)8/h15-16,20-21H,11-14,17-18H2,1-10H3/t20?,21-/m0/s1. The van der Waals surface area contributed by atoms with E-state index >= 15 is 0 Å². The Kier molecular flexibility index (Phi) is 9.81. The highest BCUT2D eigenvalue weighted by atomic mass is 32.2. The topological polar surface area (TPSA) is 95.0 Å². The predicted molar refractivity (Wildman–Crippen MR) is 144 cm³/mol. The zero-order valence-electron chi connectivity index (χ0n) is 23.8. The second kappa shape index (κ2) is 11.5. The number of hydrogen-bond acceptors (Lipinski definition) is 7. The number of aromatic nitrogens is 1. The summed E-state index contributed by atoms with van der Waals surface area (Å²) in [4.78, 5) is 17.2. The van der Waals surface area contributed by atoms with Gasteiger partial charge in [0.2, 0.25) is 15.9 Å². The van der Waals surface area contributed by atoms with Gasteiger partial charge in [-0.1, -0.05) is 20.8 Å². The summed E-state index contributed by atoms with van der Waals surface area (Å²) in [7, 11) is -5.83. The molecule has 0 spiro atoms. The summed E-state index contributed by atoms with van der Waals surface area (Å²) in [6, 6.07) is 2.31. The lowest BCUT2D eigenvalue weighted by Gasteiger charge is -2.36. The molecule has 1 unspecified atom stereocenters. The first-order valence-corrected chi connectivity index (χ1v) is 17.2. The monoisotopic (exact) mass is 542 g/mol. The second-order valence-electron chi connectivity index (χ2n) is 12.2. The van der Waals surface area contributed by atoms with Gasteiger partial charge in [-0.3, -0.25) is 4.79 Å². The van der Waals surface area contributed by atoms with Crippen molar-refractivity contribution in [3.63, 3.8) is 0 Å². The van der Waals surface area contributed by atoms with Crippen LogP contribution in [-0.4, -0.2) is 62.9 Å². The van der Waals surface area contributed by atoms with Crippen molar-refractivity contribution >= 4 is 24.3 Å². The summed E-state index contributed by atoms with van der Waals surface area (Å²) in [6.45, 7) is 21.0. The van der Waals surface area contributed by atoms with E-state index in [1.165, 1.54) is 10.4 Å². The van der Waals surface area contributed by atoms with E-state index in [0.717, 1.165) is 6.42 Å². The number of rotatable bonds is 10. The fourth-order valence-corrected chi connectivity index (χ4v) is 6.52. The van der Waals surface area contributed by atoms with Gasteiger partial charge in [0.05, 0.1) is 6.10 Å². The van der Waals surface area contributed by atoms with E-state index in [1.54, 1.807) is 33.8 Å². The van der Waals surface area contributed by atoms with E-state index < -0.39 is 36.0 Å². The first-order chi connectivity index (χ1) is 16.3. The lowest BCUT2D eigenvalue weighted by atomic mass is 10.2. The molecule has 0 N–H and O–H groups in total. The van der Waals surface area contributed by atoms with Gasteiger partial charge in [-0.2, -0.15) is 4.31 Å². The zero-order valence-corrected chi connectivity index (χ0v) is 25.6. The molecular weight excluding hydrogens is 496 g/mol. The normalized spacial score (nSPS) is 18.8. The highest BCUT2D eigenvalue weighted by Crippen LogP contribution is 2.37. The largest absolute Gasteiger partial charge is 0.474 e. The zero-order chi connectivity index (χ0) is 27.5. The minimum absolute atomic E-state index is 0.0204. The van der Waals surface area contributed by atoms with Crippen molar-refractivity contribution < 1.29 is 27.1 Å². The van der Waals surface area contributed by atoms with E-state index in [2.05, 4.69) is 38.8 Å². The van der Waals surface area contributed by atoms with Crippen LogP contribution in [0.25, 0.3) is 0 Å². The molecule has 0 saturated carbocycles. The van der Waals surface area contributed by atoms with Crippen molar-refractivity contribution in [3.05, 3.63) is 17.8 Å². The Morgan fingerprint density at radius 1 is 1.19 bits per heavy atom. The van der Waals surface area contributed by atoms with Crippen LogP contribution in [0.15, 0.2) is 17.0 Å². The number of pyridine rings is 1. The van der Waals surface area contributed by atoms with Crippen LogP contribution in [0.4, 0.5) is 0 Å². The van der Waals surface area contributed by atoms with E-state index in [1.807, 2.05) is 6.92 Å². The molecule has 0 radical (unpaired) electrons. The summed E-state index contributed by atoms with van der Waals surface area (Å²) in [5, 5.41) is 0.149. The lowest BCUT2D eigenvalue weighted by molar-refractivity contribution is -0.158. The molecule has 0 bridgehead atoms. The van der Waals surface area contributed by atoms with Gasteiger partial charge >= 0.3 is 5.97 Å². The Labute approximate surface area is 219 Å². The quantitative estimate of drug-likeness (QED) is 0.220. The molecule has 1 aliphatic rings. The molecule has 1 fully saturated rings. The van der Waals surface area contributed by atoms with E-state index in [9.17, 15) is 13.2 Å². The van der Waals surface area contributed by atoms with E-state index in [0.29, 0.717) is 31.6 Å². The highest BCUT2D eigenvalue weighted by molar-refractivity contribution is 7.89. The lowest BCUT2D eigenvalue weighted by Crippen LogP contribution is -2.43. The number of carbonyl (C=O) groups is 1. The maximum atomic E-state index is 13.7. The molecule has 0 aliphatic carbocycles. The predicted octanol–water partition coefficient (Wildman–Crippen LogP) is 5.45. The Bertz CT molecular complexity index is 1010. The van der Waals surface area contributed by atoms with Gasteiger partial charge in [0, 0.05) is 18.8 Å². The smallest absolute Gasteiger partial charge is 0.324 e. The molecule has 1 aromatic rings. The fourth-order valence-electron chi connectivity index (χ4n) is 3.72. The number of ether oxygens (including phenoxy) is 2. The summed E-state index contributed by atoms with van der Waals surface area (Å²) in [5.74, 6) is -0.455. The maximum Gasteiger partial charge on any atom is 0.324 e. The van der Waals surface area contributed by atoms with Crippen LogP contribution < -0.4 is 4.74 Å². The van der Waals surface area contributed by atoms with Gasteiger partial charge in [0.25, 0.3) is 0 Å². The number of aryl methyl sites for hydroxylation is 1. The number of nitrogens with zero attached hydrogens (tertiary/aromatic N) is 2. The molecular formula is C26H46N2O6SSi. The minimum atomic E-state index is -4.02. The Balaban J connectivity index is 2.14. The first-order valence-electron chi connectivity index (χ1n) is 12.9. The second-order valence-corrected chi connectivity index (χ2v) is 18.9. The molecule has 0 amide bonds. The Morgan fingerprint density at radius 3 is 2.42 bits per heavy atom. The molecule has 0 aromatic carbocycles. The Morgan fingerprint density at radius 2 is 1.83 bits per heavy atom. The molecule has 36 heavy (non-hydrogen) atoms. The minimum Gasteiger partial charge on any atom is -0.474 e. The van der Waals surface area contributed by atoms with Crippen LogP contribution >= 0.6 is 0 Å². The number of hydrogen-bond donors (Lipinski definition) is 0. The van der Waals surface area contributed by atoms with Crippen molar-refractivity contribution in [1.29, 1.82) is 0 Å². The molecule has 1 saturated heterocycles. The van der Waals surface area contributed by atoms with E-state index in [4.69, 9.17) is 13.9 Å². The average molecular weight is 543 g/mol. The van der Waals surface area contributed by atoms with Crippen molar-refractivity contribution in [1.82, 2.24) is 9.29 Å². The molecule has 2 rings (SSSR count).